The second kappa shape index (κ2) is 8.98. The van der Waals surface area contributed by atoms with Crippen molar-refractivity contribution in [1.29, 1.82) is 0 Å². The fraction of sp³-hybridized carbons (Fsp3) is 0.417. The van der Waals surface area contributed by atoms with Gasteiger partial charge in [0.1, 0.15) is 28.6 Å². The number of rotatable bonds is 9. The molecule has 1 aromatic carbocycles. The van der Waals surface area contributed by atoms with Crippen molar-refractivity contribution >= 4 is 17.5 Å². The average Bonchev–Trinajstić information content (AvgIpc) is 3.33. The molecule has 2 aromatic heterocycles. The van der Waals surface area contributed by atoms with Crippen molar-refractivity contribution in [2.24, 2.45) is 5.73 Å². The Morgan fingerprint density at radius 1 is 1.16 bits per heavy atom. The molecule has 4 N–H and O–H groups in total. The predicted molar refractivity (Wildman–Crippen MR) is 123 cm³/mol. The Bertz CT molecular complexity index is 1120. The van der Waals surface area contributed by atoms with Crippen LogP contribution in [0.1, 0.15) is 74.5 Å². The van der Waals surface area contributed by atoms with E-state index in [4.69, 9.17) is 16.0 Å². The topological polar surface area (TPSA) is 130 Å². The Balaban J connectivity index is 1.74. The van der Waals surface area contributed by atoms with Crippen molar-refractivity contribution in [3.63, 3.8) is 0 Å². The van der Waals surface area contributed by atoms with Gasteiger partial charge in [0.05, 0.1) is 12.1 Å². The Hall–Kier alpha value is -3.42. The number of primary amides is 1. The van der Waals surface area contributed by atoms with Crippen LogP contribution < -0.4 is 11.5 Å². The zero-order valence-electron chi connectivity index (χ0n) is 19.3. The fourth-order valence-electron chi connectivity index (χ4n) is 3.45. The van der Waals surface area contributed by atoms with E-state index < -0.39 is 5.91 Å². The number of carbonyl (C=O) groups excluding carboxylic acids is 2. The second-order valence-electron chi connectivity index (χ2n) is 9.02. The summed E-state index contributed by atoms with van der Waals surface area (Å²) in [5.41, 5.74) is 14.6. The summed E-state index contributed by atoms with van der Waals surface area (Å²) in [5.74, 6) is 0.227. The molecule has 2 heterocycles. The smallest absolute Gasteiger partial charge is 0.254 e. The van der Waals surface area contributed by atoms with Crippen molar-refractivity contribution in [3.8, 4) is 11.3 Å². The SMILES string of the molecule is CCC(C)(C)c1cc(CC(=O)Cc2ccc(-c3nn(C(C)C)c(N)c3C(N)=O)cc2)on1. The largest absolute Gasteiger partial charge is 0.383 e. The van der Waals surface area contributed by atoms with E-state index in [1.165, 1.54) is 0 Å². The van der Waals surface area contributed by atoms with Gasteiger partial charge in [-0.2, -0.15) is 5.10 Å². The van der Waals surface area contributed by atoms with Crippen LogP contribution in [0.3, 0.4) is 0 Å². The maximum atomic E-state index is 12.6. The van der Waals surface area contributed by atoms with Crippen molar-refractivity contribution < 1.29 is 14.1 Å². The summed E-state index contributed by atoms with van der Waals surface area (Å²) in [6.07, 6.45) is 1.38. The van der Waals surface area contributed by atoms with Gasteiger partial charge in [-0.3, -0.25) is 9.59 Å². The van der Waals surface area contributed by atoms with Crippen molar-refractivity contribution in [2.75, 3.05) is 5.73 Å². The number of hydrogen-bond donors (Lipinski definition) is 2. The lowest BCUT2D eigenvalue weighted by molar-refractivity contribution is -0.118. The molecule has 0 bridgehead atoms. The van der Waals surface area contributed by atoms with Gasteiger partial charge in [0.25, 0.3) is 5.91 Å². The van der Waals surface area contributed by atoms with E-state index in [-0.39, 0.29) is 41.5 Å². The molecule has 1 amide bonds. The summed E-state index contributed by atoms with van der Waals surface area (Å²) in [7, 11) is 0. The number of nitrogens with zero attached hydrogens (tertiary/aromatic N) is 3. The van der Waals surface area contributed by atoms with Gasteiger partial charge >= 0.3 is 0 Å². The van der Waals surface area contributed by atoms with Crippen LogP contribution in [0.15, 0.2) is 34.9 Å². The van der Waals surface area contributed by atoms with Crippen molar-refractivity contribution in [3.05, 3.63) is 52.9 Å². The molecular weight excluding hydrogens is 406 g/mol. The number of carbonyl (C=O) groups is 2. The third-order valence-corrected chi connectivity index (χ3v) is 5.82. The van der Waals surface area contributed by atoms with Gasteiger partial charge in [-0.1, -0.05) is 50.2 Å². The lowest BCUT2D eigenvalue weighted by Gasteiger charge is -2.18. The molecule has 0 aliphatic carbocycles. The molecule has 0 aliphatic heterocycles. The molecular formula is C24H31N5O3. The lowest BCUT2D eigenvalue weighted by Crippen LogP contribution is -2.15. The molecule has 8 heteroatoms. The molecule has 0 radical (unpaired) electrons. The molecule has 0 fully saturated rings. The third-order valence-electron chi connectivity index (χ3n) is 5.82. The van der Waals surface area contributed by atoms with Gasteiger partial charge < -0.3 is 16.0 Å². The highest BCUT2D eigenvalue weighted by Crippen LogP contribution is 2.29. The quantitative estimate of drug-likeness (QED) is 0.523. The van der Waals surface area contributed by atoms with E-state index in [1.54, 1.807) is 4.68 Å². The third kappa shape index (κ3) is 4.74. The molecule has 3 rings (SSSR count). The molecule has 3 aromatic rings. The van der Waals surface area contributed by atoms with Crippen molar-refractivity contribution in [2.45, 2.75) is 65.3 Å². The number of Topliss-reactive ketones (excluding diaryl/α,β-unsaturated/α-hetero) is 1. The monoisotopic (exact) mass is 437 g/mol. The highest BCUT2D eigenvalue weighted by Gasteiger charge is 2.24. The van der Waals surface area contributed by atoms with Gasteiger partial charge in [-0.15, -0.1) is 0 Å². The minimum Gasteiger partial charge on any atom is -0.383 e. The fourth-order valence-corrected chi connectivity index (χ4v) is 3.45. The van der Waals surface area contributed by atoms with Crippen LogP contribution in [0.2, 0.25) is 0 Å². The second-order valence-corrected chi connectivity index (χ2v) is 9.02. The number of hydrogen-bond acceptors (Lipinski definition) is 6. The highest BCUT2D eigenvalue weighted by molar-refractivity contribution is 6.03. The first-order valence-electron chi connectivity index (χ1n) is 10.8. The lowest BCUT2D eigenvalue weighted by atomic mass is 9.86. The molecule has 0 aliphatic rings. The van der Waals surface area contributed by atoms with E-state index in [0.29, 0.717) is 17.0 Å². The maximum absolute atomic E-state index is 12.6. The number of amides is 1. The van der Waals surface area contributed by atoms with Crippen LogP contribution in [0.4, 0.5) is 5.82 Å². The van der Waals surface area contributed by atoms with E-state index in [2.05, 4.69) is 31.0 Å². The van der Waals surface area contributed by atoms with Crippen LogP contribution >= 0.6 is 0 Å². The number of aromatic nitrogens is 3. The van der Waals surface area contributed by atoms with Crippen LogP contribution in [-0.2, 0) is 23.1 Å². The molecule has 170 valence electrons. The van der Waals surface area contributed by atoms with E-state index in [9.17, 15) is 9.59 Å². The van der Waals surface area contributed by atoms with Crippen LogP contribution in [0, 0.1) is 0 Å². The van der Waals surface area contributed by atoms with Crippen LogP contribution in [-0.4, -0.2) is 26.6 Å². The standard InChI is InChI=1S/C24H31N5O3/c1-6-24(4,5)19-13-18(32-28-19)12-17(30)11-15-7-9-16(10-8-15)21-20(23(26)31)22(25)29(27-21)14(2)3/h7-10,13-14H,6,11-12,25H2,1-5H3,(H2,26,31). The normalized spacial score (nSPS) is 11.8. The number of nitrogens with two attached hydrogens (primary N) is 2. The number of nitrogen functional groups attached to an aromatic ring is 1. The Kier molecular flexibility index (Phi) is 6.52. The summed E-state index contributed by atoms with van der Waals surface area (Å²) in [6, 6.07) is 9.17. The molecule has 32 heavy (non-hydrogen) atoms. The molecule has 0 spiro atoms. The Morgan fingerprint density at radius 2 is 1.81 bits per heavy atom. The zero-order valence-corrected chi connectivity index (χ0v) is 19.3. The van der Waals surface area contributed by atoms with E-state index >= 15 is 0 Å². The average molecular weight is 438 g/mol. The number of benzene rings is 1. The van der Waals surface area contributed by atoms with E-state index in [0.717, 1.165) is 17.7 Å². The van der Waals surface area contributed by atoms with Gasteiger partial charge in [-0.05, 0) is 25.8 Å². The van der Waals surface area contributed by atoms with Crippen LogP contribution in [0.5, 0.6) is 0 Å². The highest BCUT2D eigenvalue weighted by atomic mass is 16.5. The molecule has 0 saturated heterocycles. The summed E-state index contributed by atoms with van der Waals surface area (Å²) in [5, 5.41) is 8.60. The first kappa shape index (κ1) is 23.2. The van der Waals surface area contributed by atoms with Crippen molar-refractivity contribution in [1.82, 2.24) is 14.9 Å². The molecule has 0 atom stereocenters. The summed E-state index contributed by atoms with van der Waals surface area (Å²) < 4.78 is 6.95. The van der Waals surface area contributed by atoms with Gasteiger partial charge in [0, 0.05) is 29.5 Å². The molecule has 0 saturated carbocycles. The van der Waals surface area contributed by atoms with Gasteiger partial charge in [-0.25, -0.2) is 4.68 Å². The van der Waals surface area contributed by atoms with Crippen LogP contribution in [0.25, 0.3) is 11.3 Å². The summed E-state index contributed by atoms with van der Waals surface area (Å²) in [4.78, 5) is 24.5. The minimum atomic E-state index is -0.624. The van der Waals surface area contributed by atoms with E-state index in [1.807, 2.05) is 44.2 Å². The number of ketones is 1. The minimum absolute atomic E-state index is 0.0155. The maximum Gasteiger partial charge on any atom is 0.254 e. The molecule has 8 nitrogen and oxygen atoms in total. The molecule has 0 unspecified atom stereocenters. The van der Waals surface area contributed by atoms with Gasteiger partial charge in [0.15, 0.2) is 0 Å². The van der Waals surface area contributed by atoms with Gasteiger partial charge in [0.2, 0.25) is 0 Å². The first-order chi connectivity index (χ1) is 15.0. The Labute approximate surface area is 188 Å². The number of anilines is 1. The Morgan fingerprint density at radius 3 is 2.38 bits per heavy atom. The summed E-state index contributed by atoms with van der Waals surface area (Å²) in [6.45, 7) is 10.1. The zero-order chi connectivity index (χ0) is 23.6. The predicted octanol–water partition coefficient (Wildman–Crippen LogP) is 3.84. The first-order valence-corrected chi connectivity index (χ1v) is 10.8. The summed E-state index contributed by atoms with van der Waals surface area (Å²) >= 11 is 0.